The summed E-state index contributed by atoms with van der Waals surface area (Å²) in [5.41, 5.74) is 2.90. The van der Waals surface area contributed by atoms with Gasteiger partial charge in [-0.2, -0.15) is 0 Å². The number of carbonyl (C=O) groups is 4. The number of rotatable bonds is 12. The molecule has 1 N–H and O–H groups in total. The van der Waals surface area contributed by atoms with Gasteiger partial charge < -0.3 is 38.3 Å². The van der Waals surface area contributed by atoms with Gasteiger partial charge in [0.25, 0.3) is 0 Å². The molecule has 12 nitrogen and oxygen atoms in total. The molecular weight excluding hydrogens is 708 g/mol. The number of hydrogen-bond donors (Lipinski definition) is 1. The molecule has 0 bridgehead atoms. The van der Waals surface area contributed by atoms with Gasteiger partial charge in [-0.25, -0.2) is 19.2 Å². The van der Waals surface area contributed by atoms with Crippen LogP contribution in [0.25, 0.3) is 12.2 Å². The fraction of sp³-hybridized carbons (Fsp3) is 0.200. The number of ether oxygens (including phenoxy) is 7. The molecule has 0 aromatic heterocycles. The van der Waals surface area contributed by atoms with Crippen molar-refractivity contribution in [2.75, 3.05) is 42.7 Å². The lowest BCUT2D eigenvalue weighted by Crippen LogP contribution is -2.15. The van der Waals surface area contributed by atoms with Crippen LogP contribution < -0.4 is 14.2 Å². The predicted molar refractivity (Wildman–Crippen MR) is 198 cm³/mol. The third-order valence-electron chi connectivity index (χ3n) is 6.84. The van der Waals surface area contributed by atoms with Crippen LogP contribution in [0.2, 0.25) is 0 Å². The van der Waals surface area contributed by atoms with Crippen molar-refractivity contribution in [3.05, 3.63) is 130 Å². The molecule has 0 saturated carbocycles. The fourth-order valence-corrected chi connectivity index (χ4v) is 4.26. The number of aromatic hydroxyl groups is 1. The number of hydrogen-bond acceptors (Lipinski definition) is 12. The van der Waals surface area contributed by atoms with Crippen molar-refractivity contribution in [3.63, 3.8) is 0 Å². The zero-order chi connectivity index (χ0) is 39.2. The smallest absolute Gasteiger partial charge is 0.345 e. The maximum atomic E-state index is 11.7. The summed E-state index contributed by atoms with van der Waals surface area (Å²) >= 11 is 5.60. The molecule has 53 heavy (non-hydrogen) atoms. The first-order chi connectivity index (χ1) is 25.5. The summed E-state index contributed by atoms with van der Waals surface area (Å²) < 4.78 is 34.0. The topological polar surface area (TPSA) is 153 Å². The van der Waals surface area contributed by atoms with Crippen LogP contribution in [0, 0.1) is 0 Å². The maximum Gasteiger partial charge on any atom is 0.345 e. The Balaban J connectivity index is 0.000000307. The number of phenols is 1. The molecule has 0 heterocycles. The van der Waals surface area contributed by atoms with Gasteiger partial charge in [-0.1, -0.05) is 48.5 Å². The highest BCUT2D eigenvalue weighted by atomic mass is 35.5. The SMILES string of the molecule is COC(=O)C(=Cc1ccc(O)cc1)C(=O)OC.COC(=O)C(=Cc1ccc(OCc2cccc(OC)c2)cc1)C(=O)OC.COc1cccc(CCl)c1. The quantitative estimate of drug-likeness (QED) is 0.0417. The summed E-state index contributed by atoms with van der Waals surface area (Å²) in [7, 11) is 8.02. The predicted octanol–water partition coefficient (Wildman–Crippen LogP) is 6.56. The molecule has 13 heteroatoms. The van der Waals surface area contributed by atoms with Crippen molar-refractivity contribution >= 4 is 47.6 Å². The van der Waals surface area contributed by atoms with E-state index in [4.69, 9.17) is 30.9 Å². The molecule has 4 rings (SSSR count). The molecule has 0 aliphatic rings. The van der Waals surface area contributed by atoms with Crippen LogP contribution in [-0.2, 0) is 50.6 Å². The van der Waals surface area contributed by atoms with Crippen molar-refractivity contribution in [2.24, 2.45) is 0 Å². The van der Waals surface area contributed by atoms with Crippen LogP contribution in [0.4, 0.5) is 0 Å². The highest BCUT2D eigenvalue weighted by Gasteiger charge is 2.20. The summed E-state index contributed by atoms with van der Waals surface area (Å²) in [5, 5.41) is 9.10. The van der Waals surface area contributed by atoms with Gasteiger partial charge in [-0.3, -0.25) is 0 Å². The zero-order valence-electron chi connectivity index (χ0n) is 30.1. The number of methoxy groups -OCH3 is 6. The Hall–Kier alpha value is -6.27. The minimum absolute atomic E-state index is 0.0971. The van der Waals surface area contributed by atoms with E-state index in [1.54, 1.807) is 50.6 Å². The molecular formula is C40H41ClO12. The van der Waals surface area contributed by atoms with Crippen LogP contribution in [0.3, 0.4) is 0 Å². The molecule has 0 amide bonds. The van der Waals surface area contributed by atoms with Crippen molar-refractivity contribution in [2.45, 2.75) is 12.5 Å². The van der Waals surface area contributed by atoms with Gasteiger partial charge in [-0.15, -0.1) is 11.6 Å². The third-order valence-corrected chi connectivity index (χ3v) is 7.15. The summed E-state index contributed by atoms with van der Waals surface area (Å²) in [5.74, 6) is -0.136. The van der Waals surface area contributed by atoms with Gasteiger partial charge in [0.1, 0.15) is 40.8 Å². The summed E-state index contributed by atoms with van der Waals surface area (Å²) in [4.78, 5) is 46.0. The molecule has 4 aromatic rings. The van der Waals surface area contributed by atoms with E-state index in [0.29, 0.717) is 29.4 Å². The van der Waals surface area contributed by atoms with E-state index < -0.39 is 23.9 Å². The van der Waals surface area contributed by atoms with Crippen LogP contribution in [-0.4, -0.2) is 71.6 Å². The van der Waals surface area contributed by atoms with Gasteiger partial charge in [-0.05, 0) is 82.9 Å². The van der Waals surface area contributed by atoms with Crippen molar-refractivity contribution in [1.29, 1.82) is 0 Å². The number of halogens is 1. The highest BCUT2D eigenvalue weighted by Crippen LogP contribution is 2.19. The van der Waals surface area contributed by atoms with Crippen molar-refractivity contribution in [3.8, 4) is 23.0 Å². The van der Waals surface area contributed by atoms with Gasteiger partial charge in [0.2, 0.25) is 0 Å². The fourth-order valence-electron chi connectivity index (χ4n) is 4.09. The second kappa shape index (κ2) is 23.3. The van der Waals surface area contributed by atoms with Gasteiger partial charge >= 0.3 is 23.9 Å². The highest BCUT2D eigenvalue weighted by molar-refractivity contribution is 6.18. The Kier molecular flexibility index (Phi) is 18.8. The molecule has 0 saturated heterocycles. The van der Waals surface area contributed by atoms with E-state index in [1.165, 1.54) is 52.7 Å². The van der Waals surface area contributed by atoms with Crippen molar-refractivity contribution in [1.82, 2.24) is 0 Å². The minimum Gasteiger partial charge on any atom is -0.508 e. The van der Waals surface area contributed by atoms with Gasteiger partial charge in [0.15, 0.2) is 0 Å². The number of carbonyl (C=O) groups excluding carboxylic acids is 4. The normalized spacial score (nSPS) is 9.57. The summed E-state index contributed by atoms with van der Waals surface area (Å²) in [6.07, 6.45) is 2.74. The Labute approximate surface area is 313 Å². The van der Waals surface area contributed by atoms with E-state index in [-0.39, 0.29) is 16.9 Å². The Morgan fingerprint density at radius 1 is 0.547 bits per heavy atom. The minimum atomic E-state index is -0.773. The summed E-state index contributed by atoms with van der Waals surface area (Å²) in [6, 6.07) is 28.3. The number of alkyl halides is 1. The Bertz CT molecular complexity index is 1790. The average Bonchev–Trinajstić information content (AvgIpc) is 3.21. The maximum absolute atomic E-state index is 11.7. The number of benzene rings is 4. The molecule has 0 atom stereocenters. The van der Waals surface area contributed by atoms with Crippen LogP contribution >= 0.6 is 11.6 Å². The second-order valence-corrected chi connectivity index (χ2v) is 10.6. The molecule has 0 radical (unpaired) electrons. The first-order valence-corrected chi connectivity index (χ1v) is 16.2. The van der Waals surface area contributed by atoms with Crippen LogP contribution in [0.5, 0.6) is 23.0 Å². The van der Waals surface area contributed by atoms with E-state index in [2.05, 4.69) is 18.9 Å². The molecule has 0 aliphatic carbocycles. The molecule has 0 fully saturated rings. The van der Waals surface area contributed by atoms with Gasteiger partial charge in [0.05, 0.1) is 42.7 Å². The summed E-state index contributed by atoms with van der Waals surface area (Å²) in [6.45, 7) is 0.391. The standard InChI is InChI=1S/C20H20O6.C12H12O5.C8H9ClO/c1-23-17-6-4-5-15(11-17)13-26-16-9-7-14(8-10-16)12-18(19(21)24-2)20(22)25-3;1-16-11(14)10(12(15)17-2)7-8-3-5-9(13)6-4-8;1-10-8-4-2-3-7(5-8)6-9/h4-12H,13H2,1-3H3;3-7,13H,1-2H3;2-5H,6H2,1H3. The first-order valence-electron chi connectivity index (χ1n) is 15.6. The number of esters is 4. The molecule has 4 aromatic carbocycles. The second-order valence-electron chi connectivity index (χ2n) is 10.4. The lowest BCUT2D eigenvalue weighted by molar-refractivity contribution is -0.145. The molecule has 280 valence electrons. The molecule has 0 aliphatic heterocycles. The number of phenolic OH excluding ortho intramolecular Hbond substituents is 1. The Morgan fingerprint density at radius 3 is 1.34 bits per heavy atom. The lowest BCUT2D eigenvalue weighted by Gasteiger charge is -2.08. The van der Waals surface area contributed by atoms with E-state index in [9.17, 15) is 19.2 Å². The van der Waals surface area contributed by atoms with Crippen molar-refractivity contribution < 1.29 is 57.4 Å². The van der Waals surface area contributed by atoms with Crippen LogP contribution in [0.15, 0.2) is 108 Å². The molecule has 0 spiro atoms. The largest absolute Gasteiger partial charge is 0.508 e. The zero-order valence-corrected chi connectivity index (χ0v) is 30.9. The van der Waals surface area contributed by atoms with E-state index in [0.717, 1.165) is 22.6 Å². The van der Waals surface area contributed by atoms with E-state index in [1.807, 2.05) is 48.5 Å². The Morgan fingerprint density at radius 2 is 0.943 bits per heavy atom. The third kappa shape index (κ3) is 14.9. The average molecular weight is 749 g/mol. The monoisotopic (exact) mass is 748 g/mol. The first kappa shape index (κ1) is 42.9. The lowest BCUT2D eigenvalue weighted by atomic mass is 10.1. The van der Waals surface area contributed by atoms with E-state index >= 15 is 0 Å². The van der Waals surface area contributed by atoms with Gasteiger partial charge in [0, 0.05) is 5.88 Å². The van der Waals surface area contributed by atoms with Crippen LogP contribution in [0.1, 0.15) is 22.3 Å². The molecule has 0 unspecified atom stereocenters.